The molecule has 0 unspecified atom stereocenters. The van der Waals surface area contributed by atoms with Crippen molar-refractivity contribution in [2.45, 2.75) is 80.2 Å². The maximum Gasteiger partial charge on any atom is 0.321 e. The molecular formula is C25H32N2O7. The number of hydrogen-bond acceptors (Lipinski definition) is 7. The number of piperidine rings is 1. The van der Waals surface area contributed by atoms with E-state index in [1.807, 2.05) is 6.07 Å². The van der Waals surface area contributed by atoms with Crippen LogP contribution in [0, 0.1) is 5.92 Å². The Kier molecular flexibility index (Phi) is 4.92. The first-order valence-electron chi connectivity index (χ1n) is 12.3. The topological polar surface area (TPSA) is 129 Å². The molecule has 1 saturated heterocycles. The number of hydrogen-bond donors (Lipinski definition) is 4. The number of rotatable bonds is 8. The summed E-state index contributed by atoms with van der Waals surface area (Å²) in [6.45, 7) is 1.96. The number of nitrogens with zero attached hydrogens (tertiary/aromatic N) is 1. The maximum atomic E-state index is 11.8. The Bertz CT molecular complexity index is 1040. The van der Waals surface area contributed by atoms with Crippen LogP contribution in [0.25, 0.3) is 0 Å². The molecule has 9 nitrogen and oxygen atoms in total. The van der Waals surface area contributed by atoms with Gasteiger partial charge in [-0.05, 0) is 62.6 Å². The minimum atomic E-state index is -1.22. The number of benzene rings is 1. The summed E-state index contributed by atoms with van der Waals surface area (Å²) in [5, 5.41) is 32.8. The van der Waals surface area contributed by atoms with Gasteiger partial charge in [0.05, 0.1) is 17.4 Å². The summed E-state index contributed by atoms with van der Waals surface area (Å²) in [4.78, 5) is 25.8. The molecule has 0 amide bonds. The largest absolute Gasteiger partial charge is 0.504 e. The highest BCUT2D eigenvalue weighted by Crippen LogP contribution is 2.66. The Morgan fingerprint density at radius 2 is 2.06 bits per heavy atom. The molecule has 3 aliphatic carbocycles. The summed E-state index contributed by atoms with van der Waals surface area (Å²) in [7, 11) is 1.77. The number of methoxy groups -OCH3 is 1. The van der Waals surface area contributed by atoms with Gasteiger partial charge in [-0.1, -0.05) is 6.07 Å². The molecule has 0 radical (unpaired) electrons. The zero-order valence-electron chi connectivity index (χ0n) is 19.3. The molecule has 1 aromatic rings. The summed E-state index contributed by atoms with van der Waals surface area (Å²) in [5.41, 5.74) is 1.13. The number of likely N-dealkylation sites (tertiary alicyclic amines) is 1. The number of aromatic hydroxyl groups is 1. The van der Waals surface area contributed by atoms with Crippen molar-refractivity contribution < 1.29 is 34.4 Å². The first-order valence-corrected chi connectivity index (χ1v) is 12.3. The second kappa shape index (κ2) is 7.57. The number of carboxylic acid groups (broad SMARTS) is 2. The normalized spacial score (nSPS) is 36.4. The number of carboxylic acids is 2. The molecule has 3 fully saturated rings. The van der Waals surface area contributed by atoms with Gasteiger partial charge in [0.1, 0.15) is 12.1 Å². The van der Waals surface area contributed by atoms with E-state index >= 15 is 0 Å². The molecule has 2 heterocycles. The fourth-order valence-corrected chi connectivity index (χ4v) is 7.69. The van der Waals surface area contributed by atoms with Gasteiger partial charge in [0.15, 0.2) is 11.5 Å². The average Bonchev–Trinajstić information content (AvgIpc) is 3.54. The monoisotopic (exact) mass is 472 g/mol. The van der Waals surface area contributed by atoms with Crippen LogP contribution in [0.5, 0.6) is 11.5 Å². The number of nitrogens with one attached hydrogen (secondary N) is 1. The van der Waals surface area contributed by atoms with Crippen LogP contribution in [0.3, 0.4) is 0 Å². The van der Waals surface area contributed by atoms with E-state index < -0.39 is 41.5 Å². The van der Waals surface area contributed by atoms with Gasteiger partial charge >= 0.3 is 11.9 Å². The standard InChI is InChI=1S/C25H32N2O7/c1-33-25-7-6-15(26-16(23(31)32)11-19(29)30)22-24(25)8-9-27(12-13-2-3-13)18(25)10-14-4-5-17(28)21(34-22)20(14)24/h4-5,13,15-16,18,22,26,28H,2-3,6-12H2,1H3,(H,29,30)(H,31,32)/t15-,16+,18-,22+,24+,25-/m1/s1. The number of phenols is 1. The molecule has 2 aliphatic heterocycles. The zero-order valence-corrected chi connectivity index (χ0v) is 19.3. The van der Waals surface area contributed by atoms with E-state index in [9.17, 15) is 24.9 Å². The van der Waals surface area contributed by atoms with Gasteiger partial charge in [-0.2, -0.15) is 0 Å². The van der Waals surface area contributed by atoms with Crippen LogP contribution in [0.4, 0.5) is 0 Å². The third-order valence-corrected chi connectivity index (χ3v) is 9.18. The summed E-state index contributed by atoms with van der Waals surface area (Å²) >= 11 is 0. The minimum Gasteiger partial charge on any atom is -0.504 e. The van der Waals surface area contributed by atoms with E-state index in [-0.39, 0.29) is 17.8 Å². The second-order valence-corrected chi connectivity index (χ2v) is 10.8. The van der Waals surface area contributed by atoms with Gasteiger partial charge < -0.3 is 24.8 Å². The predicted octanol–water partition coefficient (Wildman–Crippen LogP) is 1.50. The van der Waals surface area contributed by atoms with Crippen LogP contribution in [-0.4, -0.2) is 82.2 Å². The molecule has 2 bridgehead atoms. The van der Waals surface area contributed by atoms with E-state index in [0.717, 1.165) is 43.0 Å². The number of carbonyl (C=O) groups is 2. The highest BCUT2D eigenvalue weighted by molar-refractivity contribution is 5.80. The van der Waals surface area contributed by atoms with Gasteiger partial charge in [-0.25, -0.2) is 0 Å². The predicted molar refractivity (Wildman–Crippen MR) is 120 cm³/mol. The van der Waals surface area contributed by atoms with Gasteiger partial charge in [-0.15, -0.1) is 0 Å². The molecule has 1 aromatic carbocycles. The molecule has 5 aliphatic rings. The third-order valence-electron chi connectivity index (χ3n) is 9.18. The molecule has 34 heavy (non-hydrogen) atoms. The van der Waals surface area contributed by atoms with E-state index in [2.05, 4.69) is 10.2 Å². The van der Waals surface area contributed by atoms with Crippen molar-refractivity contribution >= 4 is 11.9 Å². The Morgan fingerprint density at radius 3 is 2.74 bits per heavy atom. The Balaban J connectivity index is 1.45. The van der Waals surface area contributed by atoms with Gasteiger partial charge in [0.2, 0.25) is 0 Å². The van der Waals surface area contributed by atoms with Crippen molar-refractivity contribution in [2.24, 2.45) is 5.92 Å². The Morgan fingerprint density at radius 1 is 1.26 bits per heavy atom. The highest BCUT2D eigenvalue weighted by atomic mass is 16.5. The quantitative estimate of drug-likeness (QED) is 0.445. The van der Waals surface area contributed by atoms with Crippen LogP contribution < -0.4 is 10.1 Å². The Hall–Kier alpha value is -2.36. The first-order chi connectivity index (χ1) is 16.3. The maximum absolute atomic E-state index is 11.8. The van der Waals surface area contributed by atoms with Crippen molar-refractivity contribution in [3.05, 3.63) is 23.3 Å². The lowest BCUT2D eigenvalue weighted by Crippen LogP contribution is -2.79. The molecule has 6 atom stereocenters. The van der Waals surface area contributed by atoms with E-state index in [4.69, 9.17) is 9.47 Å². The molecule has 0 aromatic heterocycles. The highest BCUT2D eigenvalue weighted by Gasteiger charge is 2.74. The summed E-state index contributed by atoms with van der Waals surface area (Å²) in [6, 6.07) is 2.27. The molecule has 1 spiro atoms. The van der Waals surface area contributed by atoms with Crippen molar-refractivity contribution in [1.82, 2.24) is 10.2 Å². The van der Waals surface area contributed by atoms with Crippen LogP contribution in [-0.2, 0) is 26.2 Å². The van der Waals surface area contributed by atoms with E-state index in [1.165, 1.54) is 12.8 Å². The molecular weight excluding hydrogens is 440 g/mol. The van der Waals surface area contributed by atoms with Crippen LogP contribution in [0.2, 0.25) is 0 Å². The smallest absolute Gasteiger partial charge is 0.321 e. The lowest BCUT2D eigenvalue weighted by molar-refractivity contribution is -0.208. The molecule has 4 N–H and O–H groups in total. The number of ether oxygens (including phenoxy) is 2. The molecule has 9 heteroatoms. The number of phenolic OH excluding ortho intramolecular Hbond substituents is 1. The van der Waals surface area contributed by atoms with Crippen LogP contribution >= 0.6 is 0 Å². The first kappa shape index (κ1) is 22.1. The fourth-order valence-electron chi connectivity index (χ4n) is 7.69. The Labute approximate surface area is 198 Å². The summed E-state index contributed by atoms with van der Waals surface area (Å²) < 4.78 is 13.0. The lowest BCUT2D eigenvalue weighted by Gasteiger charge is -2.65. The fraction of sp³-hybridized carbons (Fsp3) is 0.680. The van der Waals surface area contributed by atoms with Gasteiger partial charge in [0.25, 0.3) is 0 Å². The van der Waals surface area contributed by atoms with Crippen LogP contribution in [0.15, 0.2) is 12.1 Å². The molecule has 184 valence electrons. The van der Waals surface area contributed by atoms with Gasteiger partial charge in [-0.3, -0.25) is 19.8 Å². The third kappa shape index (κ3) is 2.90. The molecule has 6 rings (SSSR count). The molecule has 2 saturated carbocycles. The average molecular weight is 473 g/mol. The van der Waals surface area contributed by atoms with Crippen molar-refractivity contribution in [3.63, 3.8) is 0 Å². The number of aliphatic carboxylic acids is 2. The van der Waals surface area contributed by atoms with Crippen molar-refractivity contribution in [1.29, 1.82) is 0 Å². The van der Waals surface area contributed by atoms with Crippen molar-refractivity contribution in [2.75, 3.05) is 20.2 Å². The van der Waals surface area contributed by atoms with Crippen molar-refractivity contribution in [3.8, 4) is 11.5 Å². The zero-order chi connectivity index (χ0) is 23.8. The van der Waals surface area contributed by atoms with E-state index in [0.29, 0.717) is 18.6 Å². The lowest BCUT2D eigenvalue weighted by atomic mass is 9.48. The summed E-state index contributed by atoms with van der Waals surface area (Å²) in [6.07, 6.45) is 4.51. The van der Waals surface area contributed by atoms with Crippen LogP contribution in [0.1, 0.15) is 49.7 Å². The van der Waals surface area contributed by atoms with Gasteiger partial charge in [0, 0.05) is 31.3 Å². The SMILES string of the molecule is CO[C@@]12CC[C@@H](N[C@@H](CC(=O)O)C(=O)O)[C@@H]3Oc4c(O)ccc5c4[C@@]31CCN(CC1CC1)[C@@H]2C5. The second-order valence-electron chi connectivity index (χ2n) is 10.8. The minimum absolute atomic E-state index is 0.0884. The summed E-state index contributed by atoms with van der Waals surface area (Å²) in [5.74, 6) is -1.03. The van der Waals surface area contributed by atoms with E-state index in [1.54, 1.807) is 13.2 Å².